The number of allylic oxidation sites excluding steroid dienone is 16. The summed E-state index contributed by atoms with van der Waals surface area (Å²) in [6.07, 6.45) is 94.3. The van der Waals surface area contributed by atoms with Crippen molar-refractivity contribution in [2.75, 3.05) is 13.2 Å². The maximum Gasteiger partial charge on any atom is 0.306 e. The average Bonchev–Trinajstić information content (AvgIpc) is 3.47. The summed E-state index contributed by atoms with van der Waals surface area (Å²) < 4.78 is 17.0. The monoisotopic (exact) mass is 1140 g/mol. The van der Waals surface area contributed by atoms with Gasteiger partial charge in [-0.25, -0.2) is 0 Å². The lowest BCUT2D eigenvalue weighted by Crippen LogP contribution is -2.30. The molecule has 0 aromatic carbocycles. The zero-order chi connectivity index (χ0) is 59.2. The third-order valence-corrected chi connectivity index (χ3v) is 15.3. The van der Waals surface area contributed by atoms with Crippen LogP contribution in [-0.2, 0) is 28.6 Å². The lowest BCUT2D eigenvalue weighted by atomic mass is 10.0. The molecule has 6 nitrogen and oxygen atoms in total. The summed E-state index contributed by atoms with van der Waals surface area (Å²) in [6.45, 7) is 6.53. The number of rotatable bonds is 64. The molecule has 0 aliphatic rings. The highest BCUT2D eigenvalue weighted by Crippen LogP contribution is 2.17. The van der Waals surface area contributed by atoms with E-state index in [-0.39, 0.29) is 31.1 Å². The zero-order valence-corrected chi connectivity index (χ0v) is 54.2. The van der Waals surface area contributed by atoms with Gasteiger partial charge in [0.2, 0.25) is 0 Å². The maximum atomic E-state index is 12.9. The first-order valence-electron chi connectivity index (χ1n) is 35.2. The Kier molecular flexibility index (Phi) is 66.7. The van der Waals surface area contributed by atoms with Crippen molar-refractivity contribution in [3.05, 3.63) is 97.2 Å². The van der Waals surface area contributed by atoms with Crippen molar-refractivity contribution in [3.63, 3.8) is 0 Å². The van der Waals surface area contributed by atoms with Crippen LogP contribution in [0.4, 0.5) is 0 Å². The van der Waals surface area contributed by atoms with Crippen molar-refractivity contribution >= 4 is 17.9 Å². The van der Waals surface area contributed by atoms with Crippen LogP contribution in [0, 0.1) is 0 Å². The predicted octanol–water partition coefficient (Wildman–Crippen LogP) is 24.4. The van der Waals surface area contributed by atoms with Crippen LogP contribution in [0.1, 0.15) is 348 Å². The number of hydrogen-bond acceptors (Lipinski definition) is 6. The van der Waals surface area contributed by atoms with Gasteiger partial charge in [-0.3, -0.25) is 14.4 Å². The Labute approximate surface area is 508 Å². The quantitative estimate of drug-likeness (QED) is 0.0261. The largest absolute Gasteiger partial charge is 0.462 e. The van der Waals surface area contributed by atoms with E-state index in [1.807, 2.05) is 0 Å². The summed E-state index contributed by atoms with van der Waals surface area (Å²) in [4.78, 5) is 38.4. The molecule has 0 aromatic heterocycles. The average molecular weight is 1140 g/mol. The number of hydrogen-bond donors (Lipinski definition) is 0. The van der Waals surface area contributed by atoms with Gasteiger partial charge in [0.1, 0.15) is 13.2 Å². The molecule has 0 fully saturated rings. The molecule has 0 amide bonds. The maximum absolute atomic E-state index is 12.9. The van der Waals surface area contributed by atoms with Gasteiger partial charge in [-0.15, -0.1) is 0 Å². The molecule has 0 aliphatic carbocycles. The summed E-state index contributed by atoms with van der Waals surface area (Å²) in [5, 5.41) is 0. The second-order valence-electron chi connectivity index (χ2n) is 23.4. The third kappa shape index (κ3) is 67.1. The molecular formula is C76H132O6. The van der Waals surface area contributed by atoms with Gasteiger partial charge in [-0.1, -0.05) is 304 Å². The molecule has 0 radical (unpaired) electrons. The first kappa shape index (κ1) is 78.3. The van der Waals surface area contributed by atoms with Crippen LogP contribution < -0.4 is 0 Å². The highest BCUT2D eigenvalue weighted by atomic mass is 16.6. The Morgan fingerprint density at radius 3 is 0.756 bits per heavy atom. The van der Waals surface area contributed by atoms with Crippen LogP contribution in [0.15, 0.2) is 97.2 Å². The van der Waals surface area contributed by atoms with E-state index < -0.39 is 6.10 Å². The van der Waals surface area contributed by atoms with E-state index >= 15 is 0 Å². The summed E-state index contributed by atoms with van der Waals surface area (Å²) in [7, 11) is 0. The number of carbonyl (C=O) groups is 3. The van der Waals surface area contributed by atoms with Crippen LogP contribution >= 0.6 is 0 Å². The summed E-state index contributed by atoms with van der Waals surface area (Å²) in [5.74, 6) is -0.885. The lowest BCUT2D eigenvalue weighted by Gasteiger charge is -2.18. The van der Waals surface area contributed by atoms with Crippen molar-refractivity contribution in [2.45, 2.75) is 354 Å². The smallest absolute Gasteiger partial charge is 0.306 e. The Hall–Kier alpha value is -3.67. The molecule has 1 atom stereocenters. The SMILES string of the molecule is CC/C=C\C/C=C\C/C=C\C/C=C\CCCCCCCCCCC(=O)OC(COC(=O)CCCCCCC/C=C\CCCCCCC)COC(=O)CCCCCCCCCCCCCCCC/C=C\C/C=C\C/C=C\CCCCCCC. The van der Waals surface area contributed by atoms with Crippen molar-refractivity contribution in [2.24, 2.45) is 0 Å². The van der Waals surface area contributed by atoms with Crippen LogP contribution in [0.25, 0.3) is 0 Å². The molecule has 0 aromatic rings. The molecule has 0 bridgehead atoms. The predicted molar refractivity (Wildman–Crippen MR) is 357 cm³/mol. The number of carbonyl (C=O) groups excluding carboxylic acids is 3. The fraction of sp³-hybridized carbons (Fsp3) is 0.750. The molecule has 82 heavy (non-hydrogen) atoms. The van der Waals surface area contributed by atoms with Crippen molar-refractivity contribution in [1.29, 1.82) is 0 Å². The summed E-state index contributed by atoms with van der Waals surface area (Å²) in [5.41, 5.74) is 0. The zero-order valence-electron chi connectivity index (χ0n) is 54.2. The molecule has 0 aliphatic heterocycles. The standard InChI is InChI=1S/C76H132O6/c1-4-7-10-13-16-19-22-25-28-30-32-34-35-36-37-38-39-40-41-43-44-46-48-51-54-57-60-63-66-69-75(78)81-72-73(71-80-74(77)68-65-62-59-56-53-50-27-24-21-18-15-12-9-6-3)82-76(79)70-67-64-61-58-55-52-49-47-45-42-33-31-29-26-23-20-17-14-11-8-5-2/h8,11,17,20,22,24-27,29-30,32-33,35-36,42,73H,4-7,9-10,12-16,18-19,21,23,28,31,34,37-41,43-72H2,1-3H3/b11-8-,20-17-,25-22-,27-24-,29-26-,32-30-,36-35-,42-33-. The van der Waals surface area contributed by atoms with Gasteiger partial charge < -0.3 is 14.2 Å². The van der Waals surface area contributed by atoms with E-state index in [1.54, 1.807) is 0 Å². The van der Waals surface area contributed by atoms with Gasteiger partial charge in [-0.05, 0) is 122 Å². The van der Waals surface area contributed by atoms with E-state index in [2.05, 4.69) is 118 Å². The van der Waals surface area contributed by atoms with E-state index in [9.17, 15) is 14.4 Å². The summed E-state index contributed by atoms with van der Waals surface area (Å²) >= 11 is 0. The van der Waals surface area contributed by atoms with Gasteiger partial charge in [0, 0.05) is 19.3 Å². The van der Waals surface area contributed by atoms with Crippen LogP contribution in [-0.4, -0.2) is 37.2 Å². The van der Waals surface area contributed by atoms with E-state index in [1.165, 1.54) is 199 Å². The Morgan fingerprint density at radius 1 is 0.256 bits per heavy atom. The minimum absolute atomic E-state index is 0.0820. The van der Waals surface area contributed by atoms with Crippen molar-refractivity contribution in [1.82, 2.24) is 0 Å². The molecule has 0 spiro atoms. The van der Waals surface area contributed by atoms with Crippen LogP contribution in [0.2, 0.25) is 0 Å². The topological polar surface area (TPSA) is 78.9 Å². The fourth-order valence-electron chi connectivity index (χ4n) is 10.0. The second-order valence-corrected chi connectivity index (χ2v) is 23.4. The molecule has 472 valence electrons. The molecule has 6 heteroatoms. The number of ether oxygens (including phenoxy) is 3. The van der Waals surface area contributed by atoms with E-state index in [4.69, 9.17) is 14.2 Å². The first-order chi connectivity index (χ1) is 40.5. The van der Waals surface area contributed by atoms with Gasteiger partial charge in [0.25, 0.3) is 0 Å². The molecular weight excluding hydrogens is 1010 g/mol. The number of unbranched alkanes of at least 4 members (excludes halogenated alkanes) is 37. The first-order valence-corrected chi connectivity index (χ1v) is 35.2. The third-order valence-electron chi connectivity index (χ3n) is 15.3. The molecule has 0 saturated carbocycles. The van der Waals surface area contributed by atoms with Crippen LogP contribution in [0.5, 0.6) is 0 Å². The van der Waals surface area contributed by atoms with Gasteiger partial charge >= 0.3 is 17.9 Å². The minimum Gasteiger partial charge on any atom is -0.462 e. The molecule has 0 rings (SSSR count). The fourth-order valence-corrected chi connectivity index (χ4v) is 10.0. The van der Waals surface area contributed by atoms with E-state index in [0.717, 1.165) is 109 Å². The van der Waals surface area contributed by atoms with Gasteiger partial charge in [0.15, 0.2) is 6.10 Å². The Morgan fingerprint density at radius 2 is 0.476 bits per heavy atom. The van der Waals surface area contributed by atoms with Gasteiger partial charge in [0.05, 0.1) is 0 Å². The molecule has 1 unspecified atom stereocenters. The second kappa shape index (κ2) is 69.8. The van der Waals surface area contributed by atoms with Gasteiger partial charge in [-0.2, -0.15) is 0 Å². The Bertz CT molecular complexity index is 1590. The highest BCUT2D eigenvalue weighted by molar-refractivity contribution is 5.71. The Balaban J connectivity index is 4.29. The lowest BCUT2D eigenvalue weighted by molar-refractivity contribution is -0.167. The van der Waals surface area contributed by atoms with Crippen molar-refractivity contribution in [3.8, 4) is 0 Å². The molecule has 0 N–H and O–H groups in total. The highest BCUT2D eigenvalue weighted by Gasteiger charge is 2.19. The normalized spacial score (nSPS) is 12.7. The number of esters is 3. The van der Waals surface area contributed by atoms with Crippen molar-refractivity contribution < 1.29 is 28.6 Å². The van der Waals surface area contributed by atoms with E-state index in [0.29, 0.717) is 19.3 Å². The summed E-state index contributed by atoms with van der Waals surface area (Å²) in [6, 6.07) is 0. The molecule has 0 saturated heterocycles. The molecule has 0 heterocycles. The van der Waals surface area contributed by atoms with Crippen LogP contribution in [0.3, 0.4) is 0 Å². The minimum atomic E-state index is -0.788.